The Hall–Kier alpha value is -2.30. The maximum Gasteiger partial charge on any atom is 0.308 e. The van der Waals surface area contributed by atoms with Crippen LogP contribution in [0.1, 0.15) is 36.0 Å². The van der Waals surface area contributed by atoms with E-state index in [9.17, 15) is 14.7 Å². The second-order valence-corrected chi connectivity index (χ2v) is 5.45. The van der Waals surface area contributed by atoms with Crippen LogP contribution < -0.4 is 5.32 Å². The third-order valence-corrected chi connectivity index (χ3v) is 4.13. The zero-order valence-corrected chi connectivity index (χ0v) is 11.5. The summed E-state index contributed by atoms with van der Waals surface area (Å²) in [5, 5.41) is 12.9. The molecule has 2 N–H and O–H groups in total. The van der Waals surface area contributed by atoms with Gasteiger partial charge >= 0.3 is 5.97 Å². The van der Waals surface area contributed by atoms with Crippen molar-refractivity contribution < 1.29 is 19.1 Å². The number of carbonyl (C=O) groups is 2. The highest BCUT2D eigenvalue weighted by Gasteiger charge is 2.32. The lowest BCUT2D eigenvalue weighted by Crippen LogP contribution is -2.45. The van der Waals surface area contributed by atoms with E-state index in [0.29, 0.717) is 24.0 Å². The van der Waals surface area contributed by atoms with E-state index in [1.54, 1.807) is 6.07 Å². The minimum Gasteiger partial charge on any atom is -0.481 e. The van der Waals surface area contributed by atoms with Gasteiger partial charge in [-0.15, -0.1) is 0 Å². The van der Waals surface area contributed by atoms with Crippen LogP contribution in [0.25, 0.3) is 11.0 Å². The number of carboxylic acid groups (broad SMARTS) is 1. The molecule has 1 aliphatic carbocycles. The minimum atomic E-state index is -0.836. The third kappa shape index (κ3) is 2.63. The van der Waals surface area contributed by atoms with Crippen molar-refractivity contribution in [1.82, 2.24) is 5.32 Å². The fraction of sp³-hybridized carbons (Fsp3) is 0.375. The molecular formula is C16H17NO4. The van der Waals surface area contributed by atoms with Crippen LogP contribution in [0.3, 0.4) is 0 Å². The highest BCUT2D eigenvalue weighted by atomic mass is 16.4. The highest BCUT2D eigenvalue weighted by Crippen LogP contribution is 2.26. The van der Waals surface area contributed by atoms with E-state index in [1.165, 1.54) is 6.26 Å². The van der Waals surface area contributed by atoms with Crippen LogP contribution in [-0.4, -0.2) is 23.0 Å². The fourth-order valence-corrected chi connectivity index (χ4v) is 3.00. The van der Waals surface area contributed by atoms with Crippen LogP contribution in [0.2, 0.25) is 0 Å². The second-order valence-electron chi connectivity index (χ2n) is 5.45. The Labute approximate surface area is 121 Å². The van der Waals surface area contributed by atoms with Gasteiger partial charge in [0.05, 0.1) is 11.5 Å². The number of rotatable bonds is 3. The van der Waals surface area contributed by atoms with Gasteiger partial charge in [-0.2, -0.15) is 0 Å². The largest absolute Gasteiger partial charge is 0.481 e. The molecule has 0 bridgehead atoms. The number of amides is 1. The number of hydrogen-bond donors (Lipinski definition) is 2. The second kappa shape index (κ2) is 5.60. The van der Waals surface area contributed by atoms with Crippen LogP contribution in [0, 0.1) is 5.92 Å². The molecule has 5 nitrogen and oxygen atoms in total. The first-order valence-electron chi connectivity index (χ1n) is 7.16. The van der Waals surface area contributed by atoms with Gasteiger partial charge < -0.3 is 14.8 Å². The van der Waals surface area contributed by atoms with Crippen molar-refractivity contribution in [3.63, 3.8) is 0 Å². The predicted octanol–water partition coefficient (Wildman–Crippen LogP) is 2.81. The van der Waals surface area contributed by atoms with Crippen LogP contribution in [0.5, 0.6) is 0 Å². The molecule has 1 aliphatic rings. The van der Waals surface area contributed by atoms with Crippen molar-refractivity contribution in [2.75, 3.05) is 0 Å². The normalized spacial score (nSPS) is 22.1. The van der Waals surface area contributed by atoms with E-state index in [4.69, 9.17) is 4.42 Å². The Morgan fingerprint density at radius 2 is 1.95 bits per heavy atom. The summed E-state index contributed by atoms with van der Waals surface area (Å²) in [5.41, 5.74) is 1.11. The third-order valence-electron chi connectivity index (χ3n) is 4.13. The molecule has 0 aliphatic heterocycles. The minimum absolute atomic E-state index is 0.266. The van der Waals surface area contributed by atoms with Gasteiger partial charge in [0.1, 0.15) is 11.8 Å². The number of para-hydroxylation sites is 1. The zero-order chi connectivity index (χ0) is 14.8. The summed E-state index contributed by atoms with van der Waals surface area (Å²) in [6.45, 7) is 0. The molecule has 3 rings (SSSR count). The fourth-order valence-electron chi connectivity index (χ4n) is 3.00. The maximum absolute atomic E-state index is 12.4. The Bertz CT molecular complexity index is 676. The van der Waals surface area contributed by atoms with E-state index in [2.05, 4.69) is 5.32 Å². The summed E-state index contributed by atoms with van der Waals surface area (Å²) in [6, 6.07) is 7.00. The summed E-state index contributed by atoms with van der Waals surface area (Å²) in [5.74, 6) is -1.60. The van der Waals surface area contributed by atoms with Gasteiger partial charge in [0, 0.05) is 11.4 Å². The average Bonchev–Trinajstić information content (AvgIpc) is 2.91. The van der Waals surface area contributed by atoms with Crippen molar-refractivity contribution in [3.05, 3.63) is 36.1 Å². The molecule has 5 heteroatoms. The van der Waals surface area contributed by atoms with Crippen LogP contribution in [-0.2, 0) is 4.79 Å². The molecule has 2 unspecified atom stereocenters. The summed E-state index contributed by atoms with van der Waals surface area (Å²) < 4.78 is 5.36. The molecule has 21 heavy (non-hydrogen) atoms. The number of fused-ring (bicyclic) bond motifs is 1. The molecule has 1 heterocycles. The lowest BCUT2D eigenvalue weighted by atomic mass is 9.84. The SMILES string of the molecule is O=C(NC1CCCCC1C(=O)O)c1coc2ccccc12. The number of carbonyl (C=O) groups excluding carboxylic acids is 1. The Balaban J connectivity index is 1.80. The Kier molecular flexibility index (Phi) is 3.64. The molecule has 2 atom stereocenters. The first kappa shape index (κ1) is 13.7. The van der Waals surface area contributed by atoms with Crippen molar-refractivity contribution in [1.29, 1.82) is 0 Å². The number of nitrogens with one attached hydrogen (secondary N) is 1. The number of benzene rings is 1. The van der Waals surface area contributed by atoms with Crippen molar-refractivity contribution in [2.24, 2.45) is 5.92 Å². The number of hydrogen-bond acceptors (Lipinski definition) is 3. The smallest absolute Gasteiger partial charge is 0.308 e. The quantitative estimate of drug-likeness (QED) is 0.909. The van der Waals surface area contributed by atoms with Crippen LogP contribution >= 0.6 is 0 Å². The molecule has 1 saturated carbocycles. The highest BCUT2D eigenvalue weighted by molar-refractivity contribution is 6.06. The van der Waals surface area contributed by atoms with Crippen LogP contribution in [0.4, 0.5) is 0 Å². The van der Waals surface area contributed by atoms with Gasteiger partial charge in [-0.3, -0.25) is 9.59 Å². The Morgan fingerprint density at radius 3 is 2.76 bits per heavy atom. The number of furan rings is 1. The topological polar surface area (TPSA) is 79.5 Å². The monoisotopic (exact) mass is 287 g/mol. The molecule has 0 spiro atoms. The molecule has 2 aromatic rings. The Morgan fingerprint density at radius 1 is 1.19 bits per heavy atom. The van der Waals surface area contributed by atoms with E-state index < -0.39 is 11.9 Å². The van der Waals surface area contributed by atoms with Crippen LogP contribution in [0.15, 0.2) is 34.9 Å². The number of carboxylic acids is 1. The predicted molar refractivity (Wildman–Crippen MR) is 77.1 cm³/mol. The summed E-state index contributed by atoms with van der Waals surface area (Å²) in [4.78, 5) is 23.7. The maximum atomic E-state index is 12.4. The summed E-state index contributed by atoms with van der Waals surface area (Å²) in [7, 11) is 0. The van der Waals surface area contributed by atoms with Gasteiger partial charge in [0.2, 0.25) is 0 Å². The molecular weight excluding hydrogens is 270 g/mol. The molecule has 110 valence electrons. The van der Waals surface area contributed by atoms with Gasteiger partial charge in [0.15, 0.2) is 0 Å². The van der Waals surface area contributed by atoms with Crippen molar-refractivity contribution in [2.45, 2.75) is 31.7 Å². The molecule has 0 saturated heterocycles. The molecule has 1 amide bonds. The van der Waals surface area contributed by atoms with Gasteiger partial charge in [-0.1, -0.05) is 31.0 Å². The standard InChI is InChI=1S/C16H17NO4/c18-15(12-9-21-14-8-4-2-5-10(12)14)17-13-7-3-1-6-11(13)16(19)20/h2,4-5,8-9,11,13H,1,3,6-7H2,(H,17,18)(H,19,20). The van der Waals surface area contributed by atoms with Gasteiger partial charge in [0.25, 0.3) is 5.91 Å². The molecule has 1 aromatic carbocycles. The summed E-state index contributed by atoms with van der Waals surface area (Å²) in [6.07, 6.45) is 4.60. The molecule has 1 fully saturated rings. The van der Waals surface area contributed by atoms with E-state index in [0.717, 1.165) is 18.2 Å². The van der Waals surface area contributed by atoms with E-state index in [1.807, 2.05) is 18.2 Å². The number of aliphatic carboxylic acids is 1. The van der Waals surface area contributed by atoms with Gasteiger partial charge in [-0.05, 0) is 18.9 Å². The van der Waals surface area contributed by atoms with Crippen molar-refractivity contribution in [3.8, 4) is 0 Å². The van der Waals surface area contributed by atoms with E-state index >= 15 is 0 Å². The molecule has 0 radical (unpaired) electrons. The average molecular weight is 287 g/mol. The zero-order valence-electron chi connectivity index (χ0n) is 11.5. The lowest BCUT2D eigenvalue weighted by molar-refractivity contribution is -0.143. The van der Waals surface area contributed by atoms with Crippen molar-refractivity contribution >= 4 is 22.8 Å². The lowest BCUT2D eigenvalue weighted by Gasteiger charge is -2.29. The first-order chi connectivity index (χ1) is 10.2. The molecule has 1 aromatic heterocycles. The summed E-state index contributed by atoms with van der Waals surface area (Å²) >= 11 is 0. The van der Waals surface area contributed by atoms with E-state index in [-0.39, 0.29) is 11.9 Å². The van der Waals surface area contributed by atoms with Gasteiger partial charge in [-0.25, -0.2) is 0 Å². The first-order valence-corrected chi connectivity index (χ1v) is 7.16.